The molecule has 1 aromatic carbocycles. The second-order valence-corrected chi connectivity index (χ2v) is 4.37. The third-order valence-corrected chi connectivity index (χ3v) is 3.22. The molecule has 0 spiro atoms. The highest BCUT2D eigenvalue weighted by Crippen LogP contribution is 2.27. The SMILES string of the molecule is CCc1cc([N+](=O)[O-])cc2c(C(=O)O)cc(=O)n(C)c12. The molecule has 1 aromatic heterocycles. The standard InChI is InChI=1S/C13H12N2O5/c1-3-7-4-8(15(19)20)5-9-10(13(17)18)6-11(16)14(2)12(7)9/h4-6H,3H2,1-2H3,(H,17,18). The zero-order valence-electron chi connectivity index (χ0n) is 10.9. The van der Waals surface area contributed by atoms with Gasteiger partial charge in [0.1, 0.15) is 0 Å². The fourth-order valence-corrected chi connectivity index (χ4v) is 2.24. The minimum atomic E-state index is -1.28. The number of non-ortho nitro benzene ring substituents is 1. The number of hydrogen-bond acceptors (Lipinski definition) is 4. The van der Waals surface area contributed by atoms with Crippen LogP contribution >= 0.6 is 0 Å². The predicted molar refractivity (Wildman–Crippen MR) is 72.2 cm³/mol. The summed E-state index contributed by atoms with van der Waals surface area (Å²) in [7, 11) is 1.52. The monoisotopic (exact) mass is 276 g/mol. The highest BCUT2D eigenvalue weighted by atomic mass is 16.6. The number of nitro benzene ring substituents is 1. The average molecular weight is 276 g/mol. The van der Waals surface area contributed by atoms with Gasteiger partial charge in [-0.05, 0) is 12.0 Å². The lowest BCUT2D eigenvalue weighted by atomic mass is 10.0. The minimum absolute atomic E-state index is 0.185. The molecular formula is C13H12N2O5. The molecule has 0 aliphatic carbocycles. The zero-order valence-corrected chi connectivity index (χ0v) is 10.9. The number of nitro groups is 1. The number of carboxylic acid groups (broad SMARTS) is 1. The van der Waals surface area contributed by atoms with Crippen molar-refractivity contribution in [1.29, 1.82) is 0 Å². The van der Waals surface area contributed by atoms with Crippen LogP contribution in [0.15, 0.2) is 23.0 Å². The van der Waals surface area contributed by atoms with Gasteiger partial charge in [0, 0.05) is 30.6 Å². The summed E-state index contributed by atoms with van der Waals surface area (Å²) in [5.74, 6) is -1.28. The summed E-state index contributed by atoms with van der Waals surface area (Å²) in [6, 6.07) is 3.54. The van der Waals surface area contributed by atoms with E-state index in [-0.39, 0.29) is 16.6 Å². The maximum Gasteiger partial charge on any atom is 0.336 e. The van der Waals surface area contributed by atoms with Crippen LogP contribution in [0.5, 0.6) is 0 Å². The number of pyridine rings is 1. The summed E-state index contributed by atoms with van der Waals surface area (Å²) in [4.78, 5) is 33.4. The van der Waals surface area contributed by atoms with Crippen molar-refractivity contribution in [3.63, 3.8) is 0 Å². The molecule has 0 saturated carbocycles. The van der Waals surface area contributed by atoms with Gasteiger partial charge >= 0.3 is 5.97 Å². The Morgan fingerprint density at radius 3 is 2.55 bits per heavy atom. The number of hydrogen-bond donors (Lipinski definition) is 1. The van der Waals surface area contributed by atoms with Gasteiger partial charge in [-0.2, -0.15) is 0 Å². The topological polar surface area (TPSA) is 102 Å². The molecule has 0 radical (unpaired) electrons. The first-order chi connectivity index (χ1) is 9.36. The maximum absolute atomic E-state index is 11.8. The first-order valence-corrected chi connectivity index (χ1v) is 5.91. The molecule has 0 aliphatic heterocycles. The Kier molecular flexibility index (Phi) is 3.27. The lowest BCUT2D eigenvalue weighted by molar-refractivity contribution is -0.384. The molecule has 0 saturated heterocycles. The number of aryl methyl sites for hydroxylation is 2. The predicted octanol–water partition coefficient (Wildman–Crippen LogP) is 1.71. The number of benzene rings is 1. The molecule has 7 nitrogen and oxygen atoms in total. The van der Waals surface area contributed by atoms with Crippen LogP contribution < -0.4 is 5.56 Å². The van der Waals surface area contributed by atoms with Crippen molar-refractivity contribution >= 4 is 22.6 Å². The van der Waals surface area contributed by atoms with Gasteiger partial charge < -0.3 is 9.67 Å². The summed E-state index contributed by atoms with van der Waals surface area (Å²) in [6.07, 6.45) is 0.453. The number of rotatable bonds is 3. The second-order valence-electron chi connectivity index (χ2n) is 4.37. The van der Waals surface area contributed by atoms with E-state index in [4.69, 9.17) is 0 Å². The quantitative estimate of drug-likeness (QED) is 0.679. The minimum Gasteiger partial charge on any atom is -0.478 e. The lowest BCUT2D eigenvalue weighted by Gasteiger charge is -2.11. The van der Waals surface area contributed by atoms with Gasteiger partial charge in [-0.15, -0.1) is 0 Å². The molecular weight excluding hydrogens is 264 g/mol. The van der Waals surface area contributed by atoms with Crippen LogP contribution in [0.25, 0.3) is 10.9 Å². The van der Waals surface area contributed by atoms with Gasteiger partial charge in [-0.1, -0.05) is 6.92 Å². The normalized spacial score (nSPS) is 10.7. The van der Waals surface area contributed by atoms with E-state index in [1.165, 1.54) is 23.7 Å². The molecule has 1 N–H and O–H groups in total. The Balaban J connectivity index is 3.07. The van der Waals surface area contributed by atoms with Crippen molar-refractivity contribution in [2.45, 2.75) is 13.3 Å². The number of carbonyl (C=O) groups is 1. The Morgan fingerprint density at radius 1 is 1.40 bits per heavy atom. The van der Waals surface area contributed by atoms with Gasteiger partial charge in [-0.25, -0.2) is 4.79 Å². The molecule has 0 aliphatic rings. The van der Waals surface area contributed by atoms with Crippen molar-refractivity contribution in [1.82, 2.24) is 4.57 Å². The lowest BCUT2D eigenvalue weighted by Crippen LogP contribution is -2.20. The molecule has 1 heterocycles. The smallest absolute Gasteiger partial charge is 0.336 e. The number of fused-ring (bicyclic) bond motifs is 1. The summed E-state index contributed by atoms with van der Waals surface area (Å²) in [6.45, 7) is 1.79. The summed E-state index contributed by atoms with van der Waals surface area (Å²) in [5.41, 5.74) is 0.121. The molecule has 2 aromatic rings. The summed E-state index contributed by atoms with van der Waals surface area (Å²) in [5, 5.41) is 20.3. The summed E-state index contributed by atoms with van der Waals surface area (Å²) < 4.78 is 1.31. The maximum atomic E-state index is 11.8. The molecule has 2 rings (SSSR count). The van der Waals surface area contributed by atoms with Crippen molar-refractivity contribution in [3.8, 4) is 0 Å². The van der Waals surface area contributed by atoms with Crippen LogP contribution in [0.3, 0.4) is 0 Å². The van der Waals surface area contributed by atoms with Crippen LogP contribution in [0.4, 0.5) is 5.69 Å². The largest absolute Gasteiger partial charge is 0.478 e. The van der Waals surface area contributed by atoms with E-state index in [1.54, 1.807) is 6.92 Å². The molecule has 0 atom stereocenters. The van der Waals surface area contributed by atoms with Crippen LogP contribution in [-0.4, -0.2) is 20.6 Å². The summed E-state index contributed by atoms with van der Waals surface area (Å²) >= 11 is 0. The van der Waals surface area contributed by atoms with Crippen LogP contribution in [0, 0.1) is 10.1 Å². The van der Waals surface area contributed by atoms with Gasteiger partial charge in [0.15, 0.2) is 0 Å². The van der Waals surface area contributed by atoms with E-state index in [0.717, 1.165) is 6.07 Å². The van der Waals surface area contributed by atoms with Crippen molar-refractivity contribution in [2.24, 2.45) is 7.05 Å². The van der Waals surface area contributed by atoms with Gasteiger partial charge in [0.25, 0.3) is 11.2 Å². The van der Waals surface area contributed by atoms with Crippen molar-refractivity contribution in [2.75, 3.05) is 0 Å². The number of nitrogens with zero attached hydrogens (tertiary/aromatic N) is 2. The van der Waals surface area contributed by atoms with Crippen molar-refractivity contribution in [3.05, 3.63) is 49.8 Å². The highest BCUT2D eigenvalue weighted by molar-refractivity contribution is 6.04. The van der Waals surface area contributed by atoms with E-state index < -0.39 is 16.5 Å². The van der Waals surface area contributed by atoms with Gasteiger partial charge in [0.05, 0.1) is 16.0 Å². The van der Waals surface area contributed by atoms with Gasteiger partial charge in [-0.3, -0.25) is 14.9 Å². The molecule has 0 unspecified atom stereocenters. The average Bonchev–Trinajstić information content (AvgIpc) is 2.40. The molecule has 20 heavy (non-hydrogen) atoms. The fraction of sp³-hybridized carbons (Fsp3) is 0.231. The third kappa shape index (κ3) is 2.03. The molecule has 0 fully saturated rings. The number of aromatic nitrogens is 1. The van der Waals surface area contributed by atoms with E-state index in [0.29, 0.717) is 17.5 Å². The first-order valence-electron chi connectivity index (χ1n) is 5.91. The molecule has 0 amide bonds. The Labute approximate surface area is 113 Å². The first kappa shape index (κ1) is 13.7. The van der Waals surface area contributed by atoms with Gasteiger partial charge in [0.2, 0.25) is 0 Å². The second kappa shape index (κ2) is 4.76. The number of aromatic carboxylic acids is 1. The number of carboxylic acids is 1. The third-order valence-electron chi connectivity index (χ3n) is 3.22. The zero-order chi connectivity index (χ0) is 15.0. The Morgan fingerprint density at radius 2 is 2.05 bits per heavy atom. The van der Waals surface area contributed by atoms with E-state index >= 15 is 0 Å². The Hall–Kier alpha value is -2.70. The van der Waals surface area contributed by atoms with E-state index in [1.807, 2.05) is 0 Å². The van der Waals surface area contributed by atoms with E-state index in [2.05, 4.69) is 0 Å². The van der Waals surface area contributed by atoms with Crippen LogP contribution in [0.1, 0.15) is 22.8 Å². The highest BCUT2D eigenvalue weighted by Gasteiger charge is 2.19. The molecule has 7 heteroatoms. The molecule has 104 valence electrons. The van der Waals surface area contributed by atoms with Crippen LogP contribution in [0.2, 0.25) is 0 Å². The Bertz CT molecular complexity index is 791. The van der Waals surface area contributed by atoms with Crippen LogP contribution in [-0.2, 0) is 13.5 Å². The molecule has 0 bridgehead atoms. The van der Waals surface area contributed by atoms with Crippen molar-refractivity contribution < 1.29 is 14.8 Å². The fourth-order valence-electron chi connectivity index (χ4n) is 2.24. The van der Waals surface area contributed by atoms with E-state index in [9.17, 15) is 24.8 Å².